The predicted molar refractivity (Wildman–Crippen MR) is 95.6 cm³/mol. The van der Waals surface area contributed by atoms with Crippen molar-refractivity contribution in [2.75, 3.05) is 5.32 Å². The minimum absolute atomic E-state index is 0.0961. The Labute approximate surface area is 140 Å². The number of para-hydroxylation sites is 2. The maximum atomic E-state index is 12.8. The molecule has 0 aliphatic heterocycles. The molecule has 1 N–H and O–H groups in total. The van der Waals surface area contributed by atoms with Crippen LogP contribution in [0.3, 0.4) is 0 Å². The molecule has 1 amide bonds. The van der Waals surface area contributed by atoms with Crippen LogP contribution in [0.5, 0.6) is 0 Å². The van der Waals surface area contributed by atoms with Gasteiger partial charge in [-0.3, -0.25) is 9.59 Å². The molecule has 2 aromatic carbocycles. The van der Waals surface area contributed by atoms with Gasteiger partial charge in [0.05, 0.1) is 5.39 Å². The second-order valence-corrected chi connectivity index (χ2v) is 5.74. The van der Waals surface area contributed by atoms with E-state index in [1.807, 2.05) is 44.2 Å². The monoisotopic (exact) mass is 321 g/mol. The summed E-state index contributed by atoms with van der Waals surface area (Å²) in [7, 11) is 0. The Morgan fingerprint density at radius 2 is 1.79 bits per heavy atom. The third kappa shape index (κ3) is 2.95. The van der Waals surface area contributed by atoms with Crippen molar-refractivity contribution in [3.63, 3.8) is 0 Å². The van der Waals surface area contributed by atoms with E-state index in [9.17, 15) is 9.59 Å². The Morgan fingerprint density at radius 1 is 1.08 bits per heavy atom. The molecular weight excluding hydrogens is 302 g/mol. The number of nitrogens with one attached hydrogen (secondary N) is 1. The summed E-state index contributed by atoms with van der Waals surface area (Å²) >= 11 is 0. The summed E-state index contributed by atoms with van der Waals surface area (Å²) in [6.45, 7) is 3.89. The van der Waals surface area contributed by atoms with Gasteiger partial charge in [0.1, 0.15) is 16.9 Å². The quantitative estimate of drug-likeness (QED) is 0.779. The molecule has 3 aromatic rings. The molecule has 0 aliphatic carbocycles. The summed E-state index contributed by atoms with van der Waals surface area (Å²) in [5.41, 5.74) is 1.95. The molecule has 1 heterocycles. The molecule has 0 radical (unpaired) electrons. The van der Waals surface area contributed by atoms with E-state index in [1.165, 1.54) is 0 Å². The third-order valence-corrected chi connectivity index (χ3v) is 3.97. The maximum absolute atomic E-state index is 12.8. The summed E-state index contributed by atoms with van der Waals surface area (Å²) in [4.78, 5) is 25.6. The van der Waals surface area contributed by atoms with Gasteiger partial charge in [-0.2, -0.15) is 0 Å². The van der Waals surface area contributed by atoms with Crippen molar-refractivity contribution in [3.8, 4) is 0 Å². The first-order chi connectivity index (χ1) is 11.6. The second-order valence-electron chi connectivity index (χ2n) is 5.74. The van der Waals surface area contributed by atoms with Crippen LogP contribution >= 0.6 is 0 Å². The highest BCUT2D eigenvalue weighted by Gasteiger charge is 2.20. The topological polar surface area (TPSA) is 59.3 Å². The van der Waals surface area contributed by atoms with E-state index < -0.39 is 5.91 Å². The Morgan fingerprint density at radius 3 is 2.54 bits per heavy atom. The normalized spacial score (nSPS) is 10.8. The molecule has 0 saturated carbocycles. The first-order valence-corrected chi connectivity index (χ1v) is 8.03. The number of carbonyl (C=O) groups excluding carboxylic acids is 1. The van der Waals surface area contributed by atoms with Gasteiger partial charge in [-0.05, 0) is 37.1 Å². The molecule has 3 rings (SSSR count). The SMILES string of the molecule is CCCc1oc2ccccc2c(=O)c1C(=O)Nc1ccccc1C. The smallest absolute Gasteiger partial charge is 0.263 e. The molecule has 0 atom stereocenters. The Kier molecular flexibility index (Phi) is 4.47. The summed E-state index contributed by atoms with van der Waals surface area (Å²) in [6.07, 6.45) is 1.32. The van der Waals surface area contributed by atoms with Gasteiger partial charge < -0.3 is 9.73 Å². The zero-order chi connectivity index (χ0) is 17.1. The van der Waals surface area contributed by atoms with E-state index >= 15 is 0 Å². The van der Waals surface area contributed by atoms with Crippen molar-refractivity contribution in [2.24, 2.45) is 0 Å². The van der Waals surface area contributed by atoms with E-state index in [4.69, 9.17) is 4.42 Å². The van der Waals surface area contributed by atoms with Gasteiger partial charge in [0.25, 0.3) is 5.91 Å². The zero-order valence-electron chi connectivity index (χ0n) is 13.8. The molecule has 0 fully saturated rings. The van der Waals surface area contributed by atoms with Crippen LogP contribution in [0.1, 0.15) is 35.0 Å². The van der Waals surface area contributed by atoms with Crippen molar-refractivity contribution in [1.82, 2.24) is 0 Å². The number of amides is 1. The third-order valence-electron chi connectivity index (χ3n) is 3.97. The molecule has 4 heteroatoms. The summed E-state index contributed by atoms with van der Waals surface area (Å²) in [6, 6.07) is 14.5. The van der Waals surface area contributed by atoms with Crippen LogP contribution < -0.4 is 10.7 Å². The summed E-state index contributed by atoms with van der Waals surface area (Å²) < 4.78 is 5.84. The predicted octanol–water partition coefficient (Wildman–Crippen LogP) is 4.31. The first-order valence-electron chi connectivity index (χ1n) is 8.03. The molecule has 1 aromatic heterocycles. The maximum Gasteiger partial charge on any atom is 0.263 e. The van der Waals surface area contributed by atoms with Gasteiger partial charge in [0.2, 0.25) is 5.43 Å². The number of hydrogen-bond acceptors (Lipinski definition) is 3. The molecule has 0 saturated heterocycles. The fourth-order valence-electron chi connectivity index (χ4n) is 2.72. The summed E-state index contributed by atoms with van der Waals surface area (Å²) in [5.74, 6) is 0.0135. The van der Waals surface area contributed by atoms with Crippen molar-refractivity contribution >= 4 is 22.6 Å². The van der Waals surface area contributed by atoms with Crippen LogP contribution in [-0.2, 0) is 6.42 Å². The van der Waals surface area contributed by atoms with E-state index in [0.29, 0.717) is 28.8 Å². The van der Waals surface area contributed by atoms with Crippen LogP contribution in [-0.4, -0.2) is 5.91 Å². The lowest BCUT2D eigenvalue weighted by molar-refractivity contribution is 0.102. The van der Waals surface area contributed by atoms with Gasteiger partial charge in [-0.1, -0.05) is 37.3 Å². The Hall–Kier alpha value is -2.88. The van der Waals surface area contributed by atoms with Crippen molar-refractivity contribution in [1.29, 1.82) is 0 Å². The Bertz CT molecular complexity index is 957. The first kappa shape index (κ1) is 16.0. The lowest BCUT2D eigenvalue weighted by atomic mass is 10.1. The number of anilines is 1. The van der Waals surface area contributed by atoms with Crippen molar-refractivity contribution in [2.45, 2.75) is 26.7 Å². The summed E-state index contributed by atoms with van der Waals surface area (Å²) in [5, 5.41) is 3.26. The van der Waals surface area contributed by atoms with Gasteiger partial charge in [0.15, 0.2) is 0 Å². The zero-order valence-corrected chi connectivity index (χ0v) is 13.8. The average Bonchev–Trinajstić information content (AvgIpc) is 2.57. The number of aryl methyl sites for hydroxylation is 2. The molecule has 24 heavy (non-hydrogen) atoms. The second kappa shape index (κ2) is 6.71. The van der Waals surface area contributed by atoms with Gasteiger partial charge in [0, 0.05) is 12.1 Å². The standard InChI is InChI=1S/C20H19NO3/c1-3-8-17-18(19(22)14-10-5-7-12-16(14)24-17)20(23)21-15-11-6-4-9-13(15)2/h4-7,9-12H,3,8H2,1-2H3,(H,21,23). The highest BCUT2D eigenvalue weighted by molar-refractivity contribution is 6.06. The van der Waals surface area contributed by atoms with Crippen molar-refractivity contribution in [3.05, 3.63) is 75.6 Å². The van der Waals surface area contributed by atoms with E-state index in [-0.39, 0.29) is 11.0 Å². The number of fused-ring (bicyclic) bond motifs is 1. The minimum Gasteiger partial charge on any atom is -0.460 e. The lowest BCUT2D eigenvalue weighted by Gasteiger charge is -2.11. The highest BCUT2D eigenvalue weighted by Crippen LogP contribution is 2.19. The van der Waals surface area contributed by atoms with Gasteiger partial charge in [-0.25, -0.2) is 0 Å². The van der Waals surface area contributed by atoms with Crippen LogP contribution in [0, 0.1) is 6.92 Å². The van der Waals surface area contributed by atoms with Crippen molar-refractivity contribution < 1.29 is 9.21 Å². The molecule has 0 spiro atoms. The van der Waals surface area contributed by atoms with Crippen LogP contribution in [0.4, 0.5) is 5.69 Å². The highest BCUT2D eigenvalue weighted by atomic mass is 16.3. The molecular formula is C20H19NO3. The number of benzene rings is 2. The largest absolute Gasteiger partial charge is 0.460 e. The minimum atomic E-state index is -0.424. The molecule has 0 unspecified atom stereocenters. The fourth-order valence-corrected chi connectivity index (χ4v) is 2.72. The average molecular weight is 321 g/mol. The van der Waals surface area contributed by atoms with E-state index in [0.717, 1.165) is 12.0 Å². The van der Waals surface area contributed by atoms with Gasteiger partial charge >= 0.3 is 0 Å². The lowest BCUT2D eigenvalue weighted by Crippen LogP contribution is -2.24. The number of rotatable bonds is 4. The van der Waals surface area contributed by atoms with E-state index in [2.05, 4.69) is 5.32 Å². The Balaban J connectivity index is 2.11. The fraction of sp³-hybridized carbons (Fsp3) is 0.200. The molecule has 0 bridgehead atoms. The number of hydrogen-bond donors (Lipinski definition) is 1. The van der Waals surface area contributed by atoms with Crippen LogP contribution in [0.25, 0.3) is 11.0 Å². The molecule has 122 valence electrons. The van der Waals surface area contributed by atoms with Crippen LogP contribution in [0.2, 0.25) is 0 Å². The molecule has 4 nitrogen and oxygen atoms in total. The van der Waals surface area contributed by atoms with Crippen LogP contribution in [0.15, 0.2) is 57.7 Å². The van der Waals surface area contributed by atoms with E-state index in [1.54, 1.807) is 18.2 Å². The molecule has 0 aliphatic rings. The van der Waals surface area contributed by atoms with Gasteiger partial charge in [-0.15, -0.1) is 0 Å². The number of carbonyl (C=O) groups is 1.